The molecule has 0 atom stereocenters. The maximum atomic E-state index is 11.0. The summed E-state index contributed by atoms with van der Waals surface area (Å²) < 4.78 is 5.00. The predicted molar refractivity (Wildman–Crippen MR) is 56.0 cm³/mol. The highest BCUT2D eigenvalue weighted by molar-refractivity contribution is 6.36. The molecule has 0 amide bonds. The highest BCUT2D eigenvalue weighted by Gasteiger charge is 2.14. The fourth-order valence-electron chi connectivity index (χ4n) is 1.17. The van der Waals surface area contributed by atoms with Gasteiger partial charge in [0.15, 0.2) is 0 Å². The molecule has 4 heteroatoms. The molecule has 0 unspecified atom stereocenters. The third kappa shape index (κ3) is 3.04. The van der Waals surface area contributed by atoms with Crippen LogP contribution < -0.4 is 4.74 Å². The van der Waals surface area contributed by atoms with Crippen LogP contribution in [0.25, 0.3) is 5.53 Å². The molecule has 0 saturated carbocycles. The fourth-order valence-corrected chi connectivity index (χ4v) is 1.17. The van der Waals surface area contributed by atoms with Crippen molar-refractivity contribution < 1.29 is 14.3 Å². The third-order valence-electron chi connectivity index (χ3n) is 2.06. The molecule has 4 nitrogen and oxygen atoms in total. The summed E-state index contributed by atoms with van der Waals surface area (Å²) in [6.07, 6.45) is 0.329. The Morgan fingerprint density at radius 2 is 2.00 bits per heavy atom. The number of methoxy groups -OCH3 is 1. The Kier molecular flexibility index (Phi) is 3.77. The van der Waals surface area contributed by atoms with Crippen LogP contribution in [0.2, 0.25) is 0 Å². The van der Waals surface area contributed by atoms with Crippen LogP contribution in [-0.4, -0.2) is 23.4 Å². The molecule has 0 aliphatic carbocycles. The van der Waals surface area contributed by atoms with Crippen molar-refractivity contribution in [3.05, 3.63) is 35.4 Å². The van der Waals surface area contributed by atoms with E-state index in [-0.39, 0.29) is 11.5 Å². The maximum absolute atomic E-state index is 11.0. The number of Topliss-reactive ketones (excluding diaryl/α,β-unsaturated/α-hetero) is 1. The van der Waals surface area contributed by atoms with Gasteiger partial charge in [-0.2, -0.15) is 4.79 Å². The van der Waals surface area contributed by atoms with Crippen molar-refractivity contribution in [2.75, 3.05) is 7.11 Å². The van der Waals surface area contributed by atoms with E-state index in [0.29, 0.717) is 6.42 Å². The van der Waals surface area contributed by atoms with Gasteiger partial charge in [0.05, 0.1) is 13.5 Å². The molecule has 0 spiro atoms. The molecule has 0 aliphatic heterocycles. The Morgan fingerprint density at radius 1 is 1.40 bits per heavy atom. The van der Waals surface area contributed by atoms with Crippen LogP contribution in [0.5, 0.6) is 5.75 Å². The second-order valence-electron chi connectivity index (χ2n) is 3.13. The zero-order valence-corrected chi connectivity index (χ0v) is 8.73. The molecule has 0 aliphatic rings. The van der Waals surface area contributed by atoms with Crippen LogP contribution >= 0.6 is 0 Å². The van der Waals surface area contributed by atoms with Crippen LogP contribution in [-0.2, 0) is 11.2 Å². The molecule has 78 valence electrons. The molecule has 0 radical (unpaired) electrons. The van der Waals surface area contributed by atoms with Crippen LogP contribution in [0.4, 0.5) is 0 Å². The zero-order chi connectivity index (χ0) is 11.3. The molecule has 0 bridgehead atoms. The van der Waals surface area contributed by atoms with Crippen molar-refractivity contribution in [2.45, 2.75) is 13.3 Å². The van der Waals surface area contributed by atoms with Gasteiger partial charge in [0.25, 0.3) is 0 Å². The van der Waals surface area contributed by atoms with Crippen LogP contribution in [0, 0.1) is 0 Å². The first-order chi connectivity index (χ1) is 7.17. The van der Waals surface area contributed by atoms with E-state index in [4.69, 9.17) is 10.3 Å². The summed E-state index contributed by atoms with van der Waals surface area (Å²) in [6.45, 7) is 1.37. The summed E-state index contributed by atoms with van der Waals surface area (Å²) in [5.41, 5.74) is 9.66. The lowest BCUT2D eigenvalue weighted by Gasteiger charge is -2.00. The Hall–Kier alpha value is -1.93. The molecule has 15 heavy (non-hydrogen) atoms. The van der Waals surface area contributed by atoms with Crippen molar-refractivity contribution in [1.29, 1.82) is 0 Å². The van der Waals surface area contributed by atoms with E-state index in [0.717, 1.165) is 11.3 Å². The summed E-state index contributed by atoms with van der Waals surface area (Å²) in [6, 6.07) is 7.24. The van der Waals surface area contributed by atoms with Gasteiger partial charge in [-0.1, -0.05) is 12.1 Å². The predicted octanol–water partition coefficient (Wildman–Crippen LogP) is 1.50. The highest BCUT2D eigenvalue weighted by Crippen LogP contribution is 2.11. The Morgan fingerprint density at radius 3 is 2.40 bits per heavy atom. The lowest BCUT2D eigenvalue weighted by atomic mass is 10.1. The number of hydrogen-bond acceptors (Lipinski definition) is 2. The molecule has 0 heterocycles. The van der Waals surface area contributed by atoms with Crippen molar-refractivity contribution in [2.24, 2.45) is 0 Å². The SMILES string of the molecule is COc1ccc(CC(=[N+]=[N-])C(C)=O)cc1. The van der Waals surface area contributed by atoms with E-state index < -0.39 is 0 Å². The number of carbonyl (C=O) groups excluding carboxylic acids is 1. The van der Waals surface area contributed by atoms with Gasteiger partial charge in [0.1, 0.15) is 5.75 Å². The Balaban J connectivity index is 2.81. The minimum atomic E-state index is -0.228. The normalized spacial score (nSPS) is 9.20. The molecule has 0 aromatic heterocycles. The number of hydrogen-bond donors (Lipinski definition) is 0. The molecular weight excluding hydrogens is 192 g/mol. The molecular formula is C11H12N2O2. The number of rotatable bonds is 4. The smallest absolute Gasteiger partial charge is 0.338 e. The van der Waals surface area contributed by atoms with E-state index in [9.17, 15) is 4.79 Å². The Labute approximate surface area is 88.1 Å². The fraction of sp³-hybridized carbons (Fsp3) is 0.273. The standard InChI is InChI=1S/C11H12N2O2/c1-8(14)11(13-12)7-9-3-5-10(15-2)6-4-9/h3-6H,7H2,1-2H3. The zero-order valence-electron chi connectivity index (χ0n) is 8.73. The summed E-state index contributed by atoms with van der Waals surface area (Å²) in [5, 5.41) is 0. The molecule has 1 rings (SSSR count). The lowest BCUT2D eigenvalue weighted by molar-refractivity contribution is -0.115. The van der Waals surface area contributed by atoms with E-state index in [1.807, 2.05) is 12.1 Å². The number of benzene rings is 1. The van der Waals surface area contributed by atoms with Crippen LogP contribution in [0.15, 0.2) is 24.3 Å². The van der Waals surface area contributed by atoms with Gasteiger partial charge in [-0.05, 0) is 17.7 Å². The molecule has 1 aromatic rings. The molecule has 0 fully saturated rings. The van der Waals surface area contributed by atoms with Gasteiger partial charge in [-0.3, -0.25) is 4.79 Å². The first kappa shape index (κ1) is 11.1. The van der Waals surface area contributed by atoms with Crippen LogP contribution in [0.1, 0.15) is 12.5 Å². The second-order valence-corrected chi connectivity index (χ2v) is 3.13. The second kappa shape index (κ2) is 5.08. The average Bonchev–Trinajstić information content (AvgIpc) is 2.26. The Bertz CT molecular complexity index is 403. The average molecular weight is 204 g/mol. The summed E-state index contributed by atoms with van der Waals surface area (Å²) in [5.74, 6) is 0.525. The van der Waals surface area contributed by atoms with Gasteiger partial charge in [-0.25, -0.2) is 0 Å². The van der Waals surface area contributed by atoms with Gasteiger partial charge in [0, 0.05) is 6.92 Å². The van der Waals surface area contributed by atoms with E-state index in [1.54, 1.807) is 19.2 Å². The van der Waals surface area contributed by atoms with Gasteiger partial charge in [-0.15, -0.1) is 0 Å². The van der Waals surface area contributed by atoms with E-state index in [1.165, 1.54) is 6.92 Å². The van der Waals surface area contributed by atoms with E-state index >= 15 is 0 Å². The summed E-state index contributed by atoms with van der Waals surface area (Å²) >= 11 is 0. The van der Waals surface area contributed by atoms with Crippen molar-refractivity contribution in [3.63, 3.8) is 0 Å². The summed E-state index contributed by atoms with van der Waals surface area (Å²) in [4.78, 5) is 13.9. The van der Waals surface area contributed by atoms with Gasteiger partial charge >= 0.3 is 5.71 Å². The van der Waals surface area contributed by atoms with Gasteiger partial charge < -0.3 is 10.3 Å². The van der Waals surface area contributed by atoms with Crippen molar-refractivity contribution >= 4 is 11.5 Å². The molecule has 1 aromatic carbocycles. The minimum absolute atomic E-state index is 0.153. The molecule has 0 saturated heterocycles. The first-order valence-corrected chi connectivity index (χ1v) is 4.52. The van der Waals surface area contributed by atoms with Crippen LogP contribution in [0.3, 0.4) is 0 Å². The minimum Gasteiger partial charge on any atom is -0.497 e. The monoisotopic (exact) mass is 204 g/mol. The number of ether oxygens (including phenoxy) is 1. The first-order valence-electron chi connectivity index (χ1n) is 4.52. The lowest BCUT2D eigenvalue weighted by Crippen LogP contribution is -2.14. The third-order valence-corrected chi connectivity index (χ3v) is 2.06. The largest absolute Gasteiger partial charge is 0.497 e. The molecule has 0 N–H and O–H groups in total. The number of nitrogens with zero attached hydrogens (tertiary/aromatic N) is 2. The number of ketones is 1. The maximum Gasteiger partial charge on any atom is 0.338 e. The topological polar surface area (TPSA) is 62.7 Å². The summed E-state index contributed by atoms with van der Waals surface area (Å²) in [7, 11) is 1.59. The number of carbonyl (C=O) groups is 1. The van der Waals surface area contributed by atoms with E-state index in [2.05, 4.69) is 4.79 Å². The van der Waals surface area contributed by atoms with Crippen molar-refractivity contribution in [1.82, 2.24) is 0 Å². The van der Waals surface area contributed by atoms with Crippen molar-refractivity contribution in [3.8, 4) is 5.75 Å². The highest BCUT2D eigenvalue weighted by atomic mass is 16.5. The van der Waals surface area contributed by atoms with Gasteiger partial charge in [0.2, 0.25) is 5.78 Å². The quantitative estimate of drug-likeness (QED) is 0.424.